The number of benzene rings is 2. The Hall–Kier alpha value is -1.72. The van der Waals surface area contributed by atoms with E-state index in [-0.39, 0.29) is 11.0 Å². The molecule has 0 bridgehead atoms. The molecule has 33 heavy (non-hydrogen) atoms. The topological polar surface area (TPSA) is 0 Å². The number of hydrogen-bond acceptors (Lipinski definition) is 0. The SMILES string of the molecule is CC1=[C-]C(C)C(C)=C1C.C[Si](C)=[Zr+2].Fc1c(F)c(F)c(-c2c[cH-]c3ccccc23)c(F)c1F. The van der Waals surface area contributed by atoms with Crippen LogP contribution in [0.15, 0.2) is 53.1 Å². The van der Waals surface area contributed by atoms with E-state index in [1.54, 1.807) is 53.7 Å². The van der Waals surface area contributed by atoms with E-state index in [4.69, 9.17) is 0 Å². The summed E-state index contributed by atoms with van der Waals surface area (Å²) in [7, 11) is 0. The van der Waals surface area contributed by atoms with E-state index in [2.05, 4.69) is 46.9 Å². The number of rotatable bonds is 1. The molecule has 0 radical (unpaired) electrons. The minimum atomic E-state index is -2.15. The summed E-state index contributed by atoms with van der Waals surface area (Å²) in [6, 6.07) is 9.47. The van der Waals surface area contributed by atoms with Crippen LogP contribution in [-0.4, -0.2) is 5.43 Å². The van der Waals surface area contributed by atoms with E-state index in [1.807, 2.05) is 0 Å². The van der Waals surface area contributed by atoms with Crippen molar-refractivity contribution in [1.29, 1.82) is 0 Å². The fourth-order valence-electron chi connectivity index (χ4n) is 3.37. The van der Waals surface area contributed by atoms with Gasteiger partial charge in [-0.1, -0.05) is 32.8 Å². The summed E-state index contributed by atoms with van der Waals surface area (Å²) in [6.45, 7) is 13.3. The molecule has 0 aliphatic heterocycles. The van der Waals surface area contributed by atoms with Gasteiger partial charge in [-0.3, -0.25) is 6.08 Å². The third-order valence-electron chi connectivity index (χ3n) is 5.40. The summed E-state index contributed by atoms with van der Waals surface area (Å²) in [5, 5.41) is 1.09. The van der Waals surface area contributed by atoms with Crippen molar-refractivity contribution in [1.82, 2.24) is 0 Å². The van der Waals surface area contributed by atoms with E-state index in [1.165, 1.54) is 22.8 Å². The second-order valence-electron chi connectivity index (χ2n) is 8.08. The first-order valence-corrected chi connectivity index (χ1v) is 16.5. The molecule has 0 N–H and O–H groups in total. The van der Waals surface area contributed by atoms with E-state index in [0.29, 0.717) is 16.7 Å². The summed E-state index contributed by atoms with van der Waals surface area (Å²) in [5.41, 5.74) is 3.54. The van der Waals surface area contributed by atoms with Gasteiger partial charge in [0, 0.05) is 5.56 Å². The van der Waals surface area contributed by atoms with Crippen molar-refractivity contribution in [3.63, 3.8) is 0 Å². The van der Waals surface area contributed by atoms with Crippen LogP contribution in [0.25, 0.3) is 21.9 Å². The number of hydrogen-bond donors (Lipinski definition) is 0. The van der Waals surface area contributed by atoms with Gasteiger partial charge in [-0.05, 0) is 0 Å². The molecule has 0 fully saturated rings. The van der Waals surface area contributed by atoms with Crippen molar-refractivity contribution in [2.24, 2.45) is 5.92 Å². The van der Waals surface area contributed by atoms with Crippen LogP contribution in [0.2, 0.25) is 13.1 Å². The molecule has 0 heterocycles. The molecule has 7 heteroatoms. The van der Waals surface area contributed by atoms with Gasteiger partial charge in [0.1, 0.15) is 0 Å². The average Bonchev–Trinajstić information content (AvgIpc) is 3.28. The molecular weight excluding hydrogens is 527 g/mol. The fraction of sp³-hybridized carbons (Fsp3) is 0.269. The van der Waals surface area contributed by atoms with Gasteiger partial charge < -0.3 is 0 Å². The molecule has 0 saturated carbocycles. The number of fused-ring (bicyclic) bond motifs is 1. The quantitative estimate of drug-likeness (QED) is 0.0936. The largest absolute Gasteiger partial charge is 0.204 e. The van der Waals surface area contributed by atoms with Crippen molar-refractivity contribution in [2.75, 3.05) is 0 Å². The summed E-state index contributed by atoms with van der Waals surface area (Å²) in [4.78, 5) is 0. The van der Waals surface area contributed by atoms with E-state index in [0.717, 1.165) is 0 Å². The maximum Gasteiger partial charge on any atom is 0.200 e. The van der Waals surface area contributed by atoms with Gasteiger partial charge in [-0.2, -0.15) is 11.1 Å². The second-order valence-corrected chi connectivity index (χ2v) is 17.5. The Morgan fingerprint density at radius 1 is 0.879 bits per heavy atom. The summed E-state index contributed by atoms with van der Waals surface area (Å²) in [5.74, 6) is -9.12. The molecule has 1 unspecified atom stereocenters. The Labute approximate surface area is 206 Å². The minimum Gasteiger partial charge on any atom is -0.204 e. The first-order valence-electron chi connectivity index (χ1n) is 10.3. The van der Waals surface area contributed by atoms with Crippen molar-refractivity contribution >= 4 is 16.2 Å². The van der Waals surface area contributed by atoms with Gasteiger partial charge in [-0.25, -0.2) is 27.5 Å². The summed E-state index contributed by atoms with van der Waals surface area (Å²) >= 11 is 1.74. The Bertz CT molecular complexity index is 1220. The molecule has 0 nitrogen and oxygen atoms in total. The van der Waals surface area contributed by atoms with Gasteiger partial charge in [0.15, 0.2) is 29.1 Å². The van der Waals surface area contributed by atoms with E-state index >= 15 is 0 Å². The van der Waals surface area contributed by atoms with Gasteiger partial charge in [0.2, 0.25) is 0 Å². The monoisotopic (exact) mass is 550 g/mol. The van der Waals surface area contributed by atoms with Gasteiger partial charge >= 0.3 is 41.9 Å². The van der Waals surface area contributed by atoms with Crippen LogP contribution in [0.5, 0.6) is 0 Å². The first kappa shape index (κ1) is 27.5. The summed E-state index contributed by atoms with van der Waals surface area (Å²) in [6.07, 6.45) is 3.36. The van der Waals surface area contributed by atoms with Crippen molar-refractivity contribution < 1.29 is 45.3 Å². The predicted molar refractivity (Wildman–Crippen MR) is 122 cm³/mol. The molecule has 172 valence electrons. The zero-order valence-corrected chi connectivity index (χ0v) is 22.9. The van der Waals surface area contributed by atoms with E-state index in [9.17, 15) is 22.0 Å². The standard InChI is InChI=1S/C15H6F5.C9H13.C2H6Si.Zr/c16-11-10(12(17)14(19)15(20)13(11)18)9-6-5-7-3-1-2-4-8(7)9;1-6-5-7(2)9(4)8(6)3;1-3-2;/h1-6H;6H,1-4H3;1-2H3;/q2*-1;;+2. The van der Waals surface area contributed by atoms with Crippen LogP contribution in [0, 0.1) is 41.1 Å². The Balaban J connectivity index is 0.000000246. The van der Waals surface area contributed by atoms with Gasteiger partial charge in [0.05, 0.1) is 0 Å². The molecule has 0 aromatic heterocycles. The van der Waals surface area contributed by atoms with Crippen LogP contribution in [0.4, 0.5) is 22.0 Å². The molecule has 1 aliphatic rings. The van der Waals surface area contributed by atoms with Crippen molar-refractivity contribution in [3.8, 4) is 11.1 Å². The van der Waals surface area contributed by atoms with Gasteiger partial charge in [-0.15, -0.1) is 53.6 Å². The molecule has 4 rings (SSSR count). The third-order valence-corrected chi connectivity index (χ3v) is 5.40. The maximum atomic E-state index is 13.8. The zero-order valence-electron chi connectivity index (χ0n) is 19.4. The molecule has 0 amide bonds. The minimum absolute atomic E-state index is 0.0200. The normalized spacial score (nSPS) is 15.1. The maximum absolute atomic E-state index is 13.8. The third kappa shape index (κ3) is 6.24. The second kappa shape index (κ2) is 11.6. The predicted octanol–water partition coefficient (Wildman–Crippen LogP) is 8.43. The molecule has 1 aliphatic carbocycles. The smallest absolute Gasteiger partial charge is 0.200 e. The van der Waals surface area contributed by atoms with Crippen molar-refractivity contribution in [2.45, 2.75) is 40.8 Å². The molecule has 1 atom stereocenters. The number of allylic oxidation sites excluding steroid dienone is 4. The summed E-state index contributed by atoms with van der Waals surface area (Å²) < 4.78 is 67.0. The first-order chi connectivity index (χ1) is 15.4. The van der Waals surface area contributed by atoms with Crippen LogP contribution in [-0.2, 0) is 23.3 Å². The number of halogens is 5. The molecule has 0 saturated heterocycles. The molecule has 0 spiro atoms. The Morgan fingerprint density at radius 3 is 1.79 bits per heavy atom. The van der Waals surface area contributed by atoms with Crippen LogP contribution in [0.3, 0.4) is 0 Å². The van der Waals surface area contributed by atoms with Gasteiger partial charge in [0.25, 0.3) is 0 Å². The van der Waals surface area contributed by atoms with E-state index < -0.39 is 34.6 Å². The zero-order chi connectivity index (χ0) is 25.0. The fourth-order valence-corrected chi connectivity index (χ4v) is 3.37. The molecular formula is C26H25F5SiZr. The van der Waals surface area contributed by atoms with Crippen molar-refractivity contribution in [3.05, 3.63) is 88.3 Å². The average molecular weight is 552 g/mol. The Kier molecular flexibility index (Phi) is 9.69. The van der Waals surface area contributed by atoms with Crippen LogP contribution in [0.1, 0.15) is 27.7 Å². The molecule has 3 aromatic rings. The molecule has 3 aromatic carbocycles. The van der Waals surface area contributed by atoms with Crippen LogP contribution >= 0.6 is 0 Å². The Morgan fingerprint density at radius 2 is 1.36 bits per heavy atom. The van der Waals surface area contributed by atoms with Crippen LogP contribution < -0.4 is 0 Å².